The molecule has 0 saturated heterocycles. The van der Waals surface area contributed by atoms with Crippen molar-refractivity contribution in [1.29, 1.82) is 0 Å². The van der Waals surface area contributed by atoms with Crippen molar-refractivity contribution in [3.63, 3.8) is 0 Å². The molecule has 1 aromatic carbocycles. The SMILES string of the molecule is COc1cc(C[NH2+]Cc2ccco2)cc(Cl)c1OC. The van der Waals surface area contributed by atoms with E-state index in [-0.39, 0.29) is 0 Å². The molecular weight excluding hydrogens is 266 g/mol. The first kappa shape index (κ1) is 13.8. The molecule has 4 nitrogen and oxygen atoms in total. The molecule has 0 aliphatic rings. The van der Waals surface area contributed by atoms with Gasteiger partial charge in [-0.25, -0.2) is 0 Å². The Morgan fingerprint density at radius 1 is 1.21 bits per heavy atom. The Morgan fingerprint density at radius 2 is 2.05 bits per heavy atom. The summed E-state index contributed by atoms with van der Waals surface area (Å²) in [4.78, 5) is 0. The van der Waals surface area contributed by atoms with Gasteiger partial charge in [0.15, 0.2) is 17.3 Å². The lowest BCUT2D eigenvalue weighted by molar-refractivity contribution is -0.688. The molecule has 0 amide bonds. The lowest BCUT2D eigenvalue weighted by Gasteiger charge is -2.11. The van der Waals surface area contributed by atoms with E-state index >= 15 is 0 Å². The molecule has 2 aromatic rings. The van der Waals surface area contributed by atoms with Crippen LogP contribution < -0.4 is 14.8 Å². The van der Waals surface area contributed by atoms with Crippen LogP contribution in [0.2, 0.25) is 5.02 Å². The van der Waals surface area contributed by atoms with Crippen LogP contribution in [0.4, 0.5) is 0 Å². The molecule has 0 aliphatic carbocycles. The summed E-state index contributed by atoms with van der Waals surface area (Å²) in [6.45, 7) is 1.58. The van der Waals surface area contributed by atoms with Gasteiger partial charge in [-0.05, 0) is 24.3 Å². The molecule has 102 valence electrons. The van der Waals surface area contributed by atoms with Crippen LogP contribution in [0.3, 0.4) is 0 Å². The molecule has 19 heavy (non-hydrogen) atoms. The summed E-state index contributed by atoms with van der Waals surface area (Å²) in [7, 11) is 3.18. The van der Waals surface area contributed by atoms with Crippen LogP contribution in [-0.4, -0.2) is 14.2 Å². The summed E-state index contributed by atoms with van der Waals surface area (Å²) in [5.74, 6) is 2.17. The minimum atomic E-state index is 0.559. The van der Waals surface area contributed by atoms with E-state index in [0.717, 1.165) is 24.4 Å². The van der Waals surface area contributed by atoms with E-state index in [1.807, 2.05) is 24.3 Å². The summed E-state index contributed by atoms with van der Waals surface area (Å²) >= 11 is 6.15. The van der Waals surface area contributed by atoms with E-state index in [0.29, 0.717) is 16.5 Å². The second-order valence-electron chi connectivity index (χ2n) is 4.09. The molecule has 0 spiro atoms. The number of nitrogens with two attached hydrogens (primary N) is 1. The average Bonchev–Trinajstić information content (AvgIpc) is 2.91. The van der Waals surface area contributed by atoms with Gasteiger partial charge in [-0.2, -0.15) is 0 Å². The molecule has 0 saturated carbocycles. The number of furan rings is 1. The first-order chi connectivity index (χ1) is 9.24. The van der Waals surface area contributed by atoms with Crippen molar-refractivity contribution < 1.29 is 19.2 Å². The summed E-state index contributed by atoms with van der Waals surface area (Å²) < 4.78 is 15.7. The fourth-order valence-corrected chi connectivity index (χ4v) is 2.21. The maximum Gasteiger partial charge on any atom is 0.179 e. The monoisotopic (exact) mass is 282 g/mol. The van der Waals surface area contributed by atoms with E-state index in [1.54, 1.807) is 20.5 Å². The topological polar surface area (TPSA) is 48.2 Å². The fourth-order valence-electron chi connectivity index (χ4n) is 1.90. The van der Waals surface area contributed by atoms with Crippen LogP contribution in [0.15, 0.2) is 34.9 Å². The summed E-state index contributed by atoms with van der Waals surface area (Å²) in [6, 6.07) is 7.67. The van der Waals surface area contributed by atoms with Gasteiger partial charge >= 0.3 is 0 Å². The van der Waals surface area contributed by atoms with Crippen LogP contribution in [-0.2, 0) is 13.1 Å². The van der Waals surface area contributed by atoms with Gasteiger partial charge in [0, 0.05) is 5.56 Å². The number of halogens is 1. The largest absolute Gasteiger partial charge is 0.493 e. The highest BCUT2D eigenvalue weighted by Crippen LogP contribution is 2.35. The maximum absolute atomic E-state index is 6.15. The molecule has 0 fully saturated rings. The molecule has 0 radical (unpaired) electrons. The number of rotatable bonds is 6. The summed E-state index contributed by atoms with van der Waals surface area (Å²) in [5, 5.41) is 2.69. The smallest absolute Gasteiger partial charge is 0.179 e. The van der Waals surface area contributed by atoms with Gasteiger partial charge < -0.3 is 19.2 Å². The van der Waals surface area contributed by atoms with Gasteiger partial charge in [0.25, 0.3) is 0 Å². The van der Waals surface area contributed by atoms with E-state index < -0.39 is 0 Å². The Labute approximate surface area is 117 Å². The first-order valence-corrected chi connectivity index (χ1v) is 6.37. The second-order valence-corrected chi connectivity index (χ2v) is 4.50. The van der Waals surface area contributed by atoms with Gasteiger partial charge in [-0.1, -0.05) is 11.6 Å². The van der Waals surface area contributed by atoms with Gasteiger partial charge in [0.05, 0.1) is 25.5 Å². The summed E-state index contributed by atoms with van der Waals surface area (Å²) in [5.41, 5.74) is 1.08. The third-order valence-electron chi connectivity index (χ3n) is 2.80. The molecule has 0 bridgehead atoms. The maximum atomic E-state index is 6.15. The van der Waals surface area contributed by atoms with Crippen molar-refractivity contribution in [1.82, 2.24) is 0 Å². The standard InChI is InChI=1S/C14H16ClNO3/c1-17-13-7-10(6-12(15)14(13)18-2)8-16-9-11-4-3-5-19-11/h3-7,16H,8-9H2,1-2H3/p+1. The molecule has 2 rings (SSSR count). The zero-order valence-electron chi connectivity index (χ0n) is 11.0. The predicted octanol–water partition coefficient (Wildman–Crippen LogP) is 2.21. The molecule has 0 aliphatic heterocycles. The Bertz CT molecular complexity index is 526. The van der Waals surface area contributed by atoms with E-state index in [9.17, 15) is 0 Å². The quantitative estimate of drug-likeness (QED) is 0.884. The van der Waals surface area contributed by atoms with Crippen molar-refractivity contribution in [2.45, 2.75) is 13.1 Å². The lowest BCUT2D eigenvalue weighted by atomic mass is 10.2. The highest BCUT2D eigenvalue weighted by Gasteiger charge is 2.11. The van der Waals surface area contributed by atoms with Gasteiger partial charge in [0.2, 0.25) is 0 Å². The fraction of sp³-hybridized carbons (Fsp3) is 0.286. The van der Waals surface area contributed by atoms with E-state index in [2.05, 4.69) is 5.32 Å². The number of methoxy groups -OCH3 is 2. The van der Waals surface area contributed by atoms with Crippen LogP contribution in [0.25, 0.3) is 0 Å². The highest BCUT2D eigenvalue weighted by atomic mass is 35.5. The molecule has 2 N–H and O–H groups in total. The van der Waals surface area contributed by atoms with Crippen molar-refractivity contribution in [3.8, 4) is 11.5 Å². The normalized spacial score (nSPS) is 10.5. The first-order valence-electron chi connectivity index (χ1n) is 5.99. The molecule has 0 unspecified atom stereocenters. The van der Waals surface area contributed by atoms with Crippen molar-refractivity contribution in [2.24, 2.45) is 0 Å². The number of hydrogen-bond donors (Lipinski definition) is 1. The lowest BCUT2D eigenvalue weighted by Crippen LogP contribution is -2.80. The van der Waals surface area contributed by atoms with Crippen molar-refractivity contribution >= 4 is 11.6 Å². The zero-order valence-corrected chi connectivity index (χ0v) is 11.7. The van der Waals surface area contributed by atoms with Gasteiger partial charge in [-0.3, -0.25) is 0 Å². The minimum Gasteiger partial charge on any atom is -0.493 e. The number of hydrogen-bond acceptors (Lipinski definition) is 3. The second kappa shape index (κ2) is 6.50. The van der Waals surface area contributed by atoms with Crippen LogP contribution in [0, 0.1) is 0 Å². The van der Waals surface area contributed by atoms with E-state index in [4.69, 9.17) is 25.5 Å². The predicted molar refractivity (Wildman–Crippen MR) is 72.6 cm³/mol. The third-order valence-corrected chi connectivity index (χ3v) is 3.08. The van der Waals surface area contributed by atoms with E-state index in [1.165, 1.54) is 0 Å². The average molecular weight is 283 g/mol. The Hall–Kier alpha value is -1.65. The third kappa shape index (κ3) is 3.43. The number of ether oxygens (including phenoxy) is 2. The van der Waals surface area contributed by atoms with Crippen LogP contribution >= 0.6 is 11.6 Å². The van der Waals surface area contributed by atoms with Crippen molar-refractivity contribution in [3.05, 3.63) is 46.9 Å². The number of benzene rings is 1. The zero-order chi connectivity index (χ0) is 13.7. The minimum absolute atomic E-state index is 0.559. The van der Waals surface area contributed by atoms with Gasteiger partial charge in [-0.15, -0.1) is 0 Å². The summed E-state index contributed by atoms with van der Waals surface area (Å²) in [6.07, 6.45) is 1.68. The molecule has 5 heteroatoms. The Kier molecular flexibility index (Phi) is 4.71. The highest BCUT2D eigenvalue weighted by molar-refractivity contribution is 6.32. The van der Waals surface area contributed by atoms with Crippen LogP contribution in [0.1, 0.15) is 11.3 Å². The number of quaternary nitrogens is 1. The molecule has 0 atom stereocenters. The van der Waals surface area contributed by atoms with Gasteiger partial charge in [0.1, 0.15) is 13.1 Å². The molecule has 1 heterocycles. The molecular formula is C14H17ClNO3+. The Morgan fingerprint density at radius 3 is 2.68 bits per heavy atom. The molecule has 1 aromatic heterocycles. The van der Waals surface area contributed by atoms with Crippen LogP contribution in [0.5, 0.6) is 11.5 Å². The Balaban J connectivity index is 2.02. The van der Waals surface area contributed by atoms with Crippen molar-refractivity contribution in [2.75, 3.05) is 14.2 Å².